The second-order valence-corrected chi connectivity index (χ2v) is 1.15. The Morgan fingerprint density at radius 1 is 1.86 bits per heavy atom. The summed E-state index contributed by atoms with van der Waals surface area (Å²) in [6.07, 6.45) is 2.03. The van der Waals surface area contributed by atoms with E-state index in [1.807, 2.05) is 0 Å². The number of rotatable bonds is 3. The van der Waals surface area contributed by atoms with E-state index in [0.717, 1.165) is 0 Å². The summed E-state index contributed by atoms with van der Waals surface area (Å²) in [6, 6.07) is -0.655. The predicted molar refractivity (Wildman–Crippen MR) is 24.3 cm³/mol. The van der Waals surface area contributed by atoms with Crippen LogP contribution in [-0.2, 0) is 9.59 Å². The van der Waals surface area contributed by atoms with Crippen LogP contribution in [0, 0.1) is 0 Å². The highest BCUT2D eigenvalue weighted by atomic mass is 16.1. The third-order valence-electron chi connectivity index (χ3n) is 0.494. The van der Waals surface area contributed by atoms with Gasteiger partial charge in [0, 0.05) is 6.42 Å². The molecule has 0 aliphatic heterocycles. The van der Waals surface area contributed by atoms with E-state index in [2.05, 4.69) is 0 Å². The topological polar surface area (TPSA) is 60.2 Å². The fourth-order valence-corrected chi connectivity index (χ4v) is 0.144. The summed E-state index contributed by atoms with van der Waals surface area (Å²) in [5, 5.41) is 0. The van der Waals surface area contributed by atoms with Gasteiger partial charge in [-0.05, 0) is 0 Å². The standard InChI is InChI=1S/C4H6NO2/c5-4(3-7)1-2-6/h3-4H,1,5H2. The highest BCUT2D eigenvalue weighted by Gasteiger charge is 1.95. The zero-order valence-corrected chi connectivity index (χ0v) is 3.76. The van der Waals surface area contributed by atoms with Gasteiger partial charge >= 0.3 is 0 Å². The van der Waals surface area contributed by atoms with Crippen LogP contribution in [0.25, 0.3) is 0 Å². The molecule has 0 saturated carbocycles. The lowest BCUT2D eigenvalue weighted by atomic mass is 10.3. The number of hydrogen-bond donors (Lipinski definition) is 1. The third kappa shape index (κ3) is 3.12. The maximum Gasteiger partial charge on any atom is 0.200 e. The molecule has 0 aromatic rings. The van der Waals surface area contributed by atoms with E-state index in [9.17, 15) is 9.59 Å². The van der Waals surface area contributed by atoms with Gasteiger partial charge in [0.2, 0.25) is 0 Å². The molecule has 3 nitrogen and oxygen atoms in total. The molecule has 0 fully saturated rings. The molecule has 0 saturated heterocycles. The van der Waals surface area contributed by atoms with Crippen molar-refractivity contribution in [2.45, 2.75) is 12.5 Å². The van der Waals surface area contributed by atoms with Crippen LogP contribution in [0.4, 0.5) is 0 Å². The molecule has 2 N–H and O–H groups in total. The molecule has 0 bridgehead atoms. The first-order valence-electron chi connectivity index (χ1n) is 1.87. The predicted octanol–water partition coefficient (Wildman–Crippen LogP) is -0.988. The Balaban J connectivity index is 3.15. The molecule has 0 aliphatic carbocycles. The summed E-state index contributed by atoms with van der Waals surface area (Å²) in [7, 11) is 0. The minimum atomic E-state index is -0.655. The second kappa shape index (κ2) is 3.49. The molecular weight excluding hydrogens is 94.0 g/mol. The lowest BCUT2D eigenvalue weighted by molar-refractivity contribution is -0.108. The van der Waals surface area contributed by atoms with Crippen molar-refractivity contribution in [1.29, 1.82) is 0 Å². The highest BCUT2D eigenvalue weighted by molar-refractivity contribution is 5.64. The van der Waals surface area contributed by atoms with Gasteiger partial charge in [-0.15, -0.1) is 0 Å². The maximum absolute atomic E-state index is 9.59. The summed E-state index contributed by atoms with van der Waals surface area (Å²) >= 11 is 0. The molecule has 0 aromatic carbocycles. The first kappa shape index (κ1) is 6.30. The first-order valence-corrected chi connectivity index (χ1v) is 1.87. The highest BCUT2D eigenvalue weighted by Crippen LogP contribution is 1.73. The number of hydrogen-bond acceptors (Lipinski definition) is 3. The Bertz CT molecular complexity index is 72.1. The molecular formula is C4H6NO2. The van der Waals surface area contributed by atoms with Gasteiger partial charge < -0.3 is 10.5 Å². The average molecular weight is 100 g/mol. The van der Waals surface area contributed by atoms with Gasteiger partial charge in [0.15, 0.2) is 6.29 Å². The largest absolute Gasteiger partial charge is 0.321 e. The minimum Gasteiger partial charge on any atom is -0.321 e. The van der Waals surface area contributed by atoms with Gasteiger partial charge in [-0.1, -0.05) is 0 Å². The number of carbonyl (C=O) groups is 1. The van der Waals surface area contributed by atoms with E-state index in [-0.39, 0.29) is 6.42 Å². The summed E-state index contributed by atoms with van der Waals surface area (Å²) in [5.41, 5.74) is 4.95. The SMILES string of the molecule is NC(C=O)C[C]=O. The van der Waals surface area contributed by atoms with Crippen LogP contribution < -0.4 is 5.73 Å². The van der Waals surface area contributed by atoms with Crippen molar-refractivity contribution >= 4 is 12.6 Å². The van der Waals surface area contributed by atoms with Crippen LogP contribution in [0.3, 0.4) is 0 Å². The van der Waals surface area contributed by atoms with Crippen LogP contribution in [0.2, 0.25) is 0 Å². The fraction of sp³-hybridized carbons (Fsp3) is 0.500. The lowest BCUT2D eigenvalue weighted by Gasteiger charge is -1.89. The molecule has 1 unspecified atom stereocenters. The van der Waals surface area contributed by atoms with Gasteiger partial charge in [0.05, 0.1) is 6.04 Å². The summed E-state index contributed by atoms with van der Waals surface area (Å²) in [4.78, 5) is 19.0. The molecule has 0 aromatic heterocycles. The van der Waals surface area contributed by atoms with Gasteiger partial charge in [0.25, 0.3) is 0 Å². The van der Waals surface area contributed by atoms with Gasteiger partial charge in [-0.2, -0.15) is 0 Å². The van der Waals surface area contributed by atoms with Crippen molar-refractivity contribution in [2.75, 3.05) is 0 Å². The van der Waals surface area contributed by atoms with Crippen LogP contribution in [0.5, 0.6) is 0 Å². The Morgan fingerprint density at radius 3 is 2.57 bits per heavy atom. The van der Waals surface area contributed by atoms with Crippen LogP contribution in [-0.4, -0.2) is 18.6 Å². The van der Waals surface area contributed by atoms with Crippen LogP contribution in [0.1, 0.15) is 6.42 Å². The molecule has 3 heteroatoms. The lowest BCUT2D eigenvalue weighted by Crippen LogP contribution is -2.21. The smallest absolute Gasteiger partial charge is 0.200 e. The Morgan fingerprint density at radius 2 is 2.43 bits per heavy atom. The van der Waals surface area contributed by atoms with Gasteiger partial charge in [0.1, 0.15) is 6.29 Å². The number of aldehydes is 1. The van der Waals surface area contributed by atoms with E-state index >= 15 is 0 Å². The Labute approximate surface area is 41.5 Å². The van der Waals surface area contributed by atoms with E-state index in [1.54, 1.807) is 0 Å². The van der Waals surface area contributed by atoms with E-state index in [1.165, 1.54) is 6.29 Å². The van der Waals surface area contributed by atoms with Crippen molar-refractivity contribution in [1.82, 2.24) is 0 Å². The molecule has 0 spiro atoms. The Hall–Kier alpha value is -0.700. The molecule has 0 heterocycles. The van der Waals surface area contributed by atoms with Crippen molar-refractivity contribution < 1.29 is 9.59 Å². The maximum atomic E-state index is 9.59. The first-order chi connectivity index (χ1) is 3.31. The molecule has 0 aliphatic rings. The number of nitrogens with two attached hydrogens (primary N) is 1. The van der Waals surface area contributed by atoms with Crippen molar-refractivity contribution in [3.63, 3.8) is 0 Å². The van der Waals surface area contributed by atoms with E-state index in [0.29, 0.717) is 6.29 Å². The van der Waals surface area contributed by atoms with Crippen molar-refractivity contribution in [3.05, 3.63) is 0 Å². The van der Waals surface area contributed by atoms with Crippen LogP contribution in [0.15, 0.2) is 0 Å². The molecule has 1 radical (unpaired) electrons. The fourth-order valence-electron chi connectivity index (χ4n) is 0.144. The Kier molecular flexibility index (Phi) is 3.14. The van der Waals surface area contributed by atoms with Gasteiger partial charge in [-0.3, -0.25) is 4.79 Å². The quantitative estimate of drug-likeness (QED) is 0.463. The zero-order chi connectivity index (χ0) is 5.70. The summed E-state index contributed by atoms with van der Waals surface area (Å²) in [6.45, 7) is 0. The normalized spacial score (nSPS) is 12.7. The third-order valence-corrected chi connectivity index (χ3v) is 0.494. The number of carbonyl (C=O) groups excluding carboxylic acids is 2. The molecule has 0 amide bonds. The van der Waals surface area contributed by atoms with Crippen molar-refractivity contribution in [3.8, 4) is 0 Å². The second-order valence-electron chi connectivity index (χ2n) is 1.15. The molecule has 0 rings (SSSR count). The van der Waals surface area contributed by atoms with E-state index < -0.39 is 6.04 Å². The molecule has 1 atom stereocenters. The van der Waals surface area contributed by atoms with Crippen molar-refractivity contribution in [2.24, 2.45) is 5.73 Å². The van der Waals surface area contributed by atoms with Gasteiger partial charge in [-0.25, -0.2) is 0 Å². The summed E-state index contributed by atoms with van der Waals surface area (Å²) in [5.74, 6) is 0. The summed E-state index contributed by atoms with van der Waals surface area (Å²) < 4.78 is 0. The zero-order valence-electron chi connectivity index (χ0n) is 3.76. The minimum absolute atomic E-state index is 0.00347. The van der Waals surface area contributed by atoms with Crippen LogP contribution >= 0.6 is 0 Å². The molecule has 7 heavy (non-hydrogen) atoms. The monoisotopic (exact) mass is 100 g/mol. The average Bonchev–Trinajstić information content (AvgIpc) is 1.68. The molecule has 39 valence electrons. The van der Waals surface area contributed by atoms with E-state index in [4.69, 9.17) is 5.73 Å².